The second-order valence-corrected chi connectivity index (χ2v) is 14.6. The summed E-state index contributed by atoms with van der Waals surface area (Å²) in [5.41, 5.74) is 0. The first-order chi connectivity index (χ1) is 24.6. The normalized spacial score (nSPS) is 12.3. The molecule has 0 aliphatic heterocycles. The lowest BCUT2D eigenvalue weighted by Crippen LogP contribution is -2.30. The maximum atomic E-state index is 12.7. The van der Waals surface area contributed by atoms with E-state index in [1.807, 2.05) is 0 Å². The third kappa shape index (κ3) is 39.2. The lowest BCUT2D eigenvalue weighted by atomic mass is 10.0. The van der Waals surface area contributed by atoms with Crippen LogP contribution in [0.2, 0.25) is 0 Å². The molecular weight excluding hydrogens is 620 g/mol. The zero-order valence-electron chi connectivity index (χ0n) is 33.7. The molecule has 5 nitrogen and oxygen atoms in total. The van der Waals surface area contributed by atoms with Crippen LogP contribution >= 0.6 is 0 Å². The second kappa shape index (κ2) is 41.8. The lowest BCUT2D eigenvalue weighted by Gasteiger charge is -2.18. The molecule has 0 bridgehead atoms. The highest BCUT2D eigenvalue weighted by atomic mass is 16.6. The predicted octanol–water partition coefficient (Wildman–Crippen LogP) is 14.1. The van der Waals surface area contributed by atoms with Gasteiger partial charge >= 0.3 is 11.9 Å². The van der Waals surface area contributed by atoms with E-state index in [0.717, 1.165) is 57.8 Å². The number of allylic oxidation sites excluding steroid dienone is 4. The summed E-state index contributed by atoms with van der Waals surface area (Å²) in [5, 5.41) is 0. The van der Waals surface area contributed by atoms with Gasteiger partial charge in [-0.2, -0.15) is 0 Å². The van der Waals surface area contributed by atoms with Crippen LogP contribution in [0.5, 0.6) is 0 Å². The monoisotopic (exact) mass is 705 g/mol. The van der Waals surface area contributed by atoms with Crippen LogP contribution in [0.15, 0.2) is 24.3 Å². The molecule has 0 amide bonds. The lowest BCUT2D eigenvalue weighted by molar-refractivity contribution is -0.163. The zero-order chi connectivity index (χ0) is 36.4. The molecule has 0 spiro atoms. The van der Waals surface area contributed by atoms with Crippen molar-refractivity contribution in [1.29, 1.82) is 0 Å². The van der Waals surface area contributed by atoms with E-state index < -0.39 is 6.10 Å². The Hall–Kier alpha value is -1.62. The van der Waals surface area contributed by atoms with Crippen LogP contribution in [0.4, 0.5) is 0 Å². The summed E-state index contributed by atoms with van der Waals surface area (Å²) >= 11 is 0. The Balaban J connectivity index is 4.20. The van der Waals surface area contributed by atoms with Crippen LogP contribution in [0, 0.1) is 0 Å². The molecule has 0 saturated carbocycles. The number of carbonyl (C=O) groups excluding carboxylic acids is 2. The Labute approximate surface area is 311 Å². The van der Waals surface area contributed by atoms with Gasteiger partial charge in [0.15, 0.2) is 6.10 Å². The van der Waals surface area contributed by atoms with Crippen molar-refractivity contribution < 1.29 is 23.8 Å². The van der Waals surface area contributed by atoms with E-state index in [9.17, 15) is 9.59 Å². The predicted molar refractivity (Wildman–Crippen MR) is 215 cm³/mol. The van der Waals surface area contributed by atoms with Crippen LogP contribution < -0.4 is 0 Å². The van der Waals surface area contributed by atoms with Crippen molar-refractivity contribution in [3.05, 3.63) is 24.3 Å². The summed E-state index contributed by atoms with van der Waals surface area (Å²) in [6.45, 7) is 7.75. The van der Waals surface area contributed by atoms with Gasteiger partial charge < -0.3 is 14.2 Å². The van der Waals surface area contributed by atoms with Crippen molar-refractivity contribution in [3.8, 4) is 0 Å². The summed E-state index contributed by atoms with van der Waals surface area (Å²) in [4.78, 5) is 25.1. The molecule has 0 aliphatic rings. The minimum absolute atomic E-state index is 0.0839. The maximum absolute atomic E-state index is 12.7. The summed E-state index contributed by atoms with van der Waals surface area (Å²) < 4.78 is 17.2. The SMILES string of the molecule is CCC/C=C\C/C=C\CCCCCCCC(=O)OCC(COCCCCCCCCCC)OC(=O)CCCCCCCCCCCCCCC. The largest absolute Gasteiger partial charge is 0.462 e. The van der Waals surface area contributed by atoms with Crippen molar-refractivity contribution in [2.45, 2.75) is 232 Å². The highest BCUT2D eigenvalue weighted by Crippen LogP contribution is 2.14. The number of carbonyl (C=O) groups is 2. The molecule has 0 radical (unpaired) electrons. The summed E-state index contributed by atoms with van der Waals surface area (Å²) in [5.74, 6) is -0.405. The molecule has 0 heterocycles. The van der Waals surface area contributed by atoms with Crippen molar-refractivity contribution in [3.63, 3.8) is 0 Å². The molecule has 0 saturated heterocycles. The van der Waals surface area contributed by atoms with Crippen molar-refractivity contribution in [2.75, 3.05) is 19.8 Å². The molecule has 0 aromatic carbocycles. The standard InChI is InChI=1S/C45H84O5/c1-4-7-10-13-16-19-21-23-25-27-29-32-35-38-44(46)49-42-43(41-48-40-37-34-31-18-15-12-9-6-3)50-45(47)39-36-33-30-28-26-24-22-20-17-14-11-8-5-2/h10,13,19,21,43H,4-9,11-12,14-18,20,22-42H2,1-3H3/b13-10-,21-19-. The van der Waals surface area contributed by atoms with Crippen LogP contribution in [-0.4, -0.2) is 37.9 Å². The molecule has 294 valence electrons. The third-order valence-corrected chi connectivity index (χ3v) is 9.47. The molecule has 5 heteroatoms. The Morgan fingerprint density at radius 3 is 1.40 bits per heavy atom. The van der Waals surface area contributed by atoms with E-state index in [-0.39, 0.29) is 25.2 Å². The summed E-state index contributed by atoms with van der Waals surface area (Å²) in [7, 11) is 0. The number of ether oxygens (including phenoxy) is 3. The fraction of sp³-hybridized carbons (Fsp3) is 0.867. The summed E-state index contributed by atoms with van der Waals surface area (Å²) in [6, 6.07) is 0. The van der Waals surface area contributed by atoms with Crippen LogP contribution in [0.3, 0.4) is 0 Å². The quantitative estimate of drug-likeness (QED) is 0.0361. The van der Waals surface area contributed by atoms with Gasteiger partial charge in [-0.15, -0.1) is 0 Å². The van der Waals surface area contributed by atoms with Crippen LogP contribution in [-0.2, 0) is 23.8 Å². The van der Waals surface area contributed by atoms with Crippen LogP contribution in [0.1, 0.15) is 226 Å². The number of hydrogen-bond acceptors (Lipinski definition) is 5. The minimum Gasteiger partial charge on any atom is -0.462 e. The average Bonchev–Trinajstić information content (AvgIpc) is 3.11. The van der Waals surface area contributed by atoms with E-state index in [4.69, 9.17) is 14.2 Å². The van der Waals surface area contributed by atoms with Gasteiger partial charge in [0.2, 0.25) is 0 Å². The van der Waals surface area contributed by atoms with E-state index in [1.54, 1.807) is 0 Å². The molecule has 1 atom stereocenters. The van der Waals surface area contributed by atoms with E-state index >= 15 is 0 Å². The molecule has 0 N–H and O–H groups in total. The fourth-order valence-electron chi connectivity index (χ4n) is 6.19. The molecule has 0 rings (SSSR count). The number of rotatable bonds is 40. The topological polar surface area (TPSA) is 61.8 Å². The number of esters is 2. The van der Waals surface area contributed by atoms with Gasteiger partial charge in [-0.1, -0.05) is 193 Å². The molecule has 50 heavy (non-hydrogen) atoms. The molecular formula is C45H84O5. The summed E-state index contributed by atoms with van der Waals surface area (Å²) in [6.07, 6.45) is 46.0. The third-order valence-electron chi connectivity index (χ3n) is 9.47. The van der Waals surface area contributed by atoms with E-state index in [1.165, 1.54) is 135 Å². The smallest absolute Gasteiger partial charge is 0.306 e. The van der Waals surface area contributed by atoms with Gasteiger partial charge in [0.1, 0.15) is 6.61 Å². The number of hydrogen-bond donors (Lipinski definition) is 0. The fourth-order valence-corrected chi connectivity index (χ4v) is 6.19. The van der Waals surface area contributed by atoms with Crippen molar-refractivity contribution in [2.24, 2.45) is 0 Å². The first-order valence-electron chi connectivity index (χ1n) is 21.9. The first kappa shape index (κ1) is 48.4. The number of unbranched alkanes of at least 4 members (excludes halogenated alkanes) is 25. The zero-order valence-corrected chi connectivity index (χ0v) is 33.7. The second-order valence-electron chi connectivity index (χ2n) is 14.6. The van der Waals surface area contributed by atoms with Crippen LogP contribution in [0.25, 0.3) is 0 Å². The Morgan fingerprint density at radius 1 is 0.440 bits per heavy atom. The van der Waals surface area contributed by atoms with Gasteiger partial charge in [0, 0.05) is 19.4 Å². The highest BCUT2D eigenvalue weighted by molar-refractivity contribution is 5.70. The molecule has 0 fully saturated rings. The van der Waals surface area contributed by atoms with Gasteiger partial charge in [-0.05, 0) is 44.9 Å². The van der Waals surface area contributed by atoms with Gasteiger partial charge in [0.25, 0.3) is 0 Å². The Morgan fingerprint density at radius 2 is 0.880 bits per heavy atom. The van der Waals surface area contributed by atoms with Gasteiger partial charge in [0.05, 0.1) is 6.61 Å². The van der Waals surface area contributed by atoms with E-state index in [0.29, 0.717) is 19.4 Å². The Kier molecular flexibility index (Phi) is 40.4. The Bertz CT molecular complexity index is 761. The van der Waals surface area contributed by atoms with Gasteiger partial charge in [-0.25, -0.2) is 0 Å². The minimum atomic E-state index is -0.530. The molecule has 0 aromatic rings. The molecule has 0 aliphatic carbocycles. The maximum Gasteiger partial charge on any atom is 0.306 e. The highest BCUT2D eigenvalue weighted by Gasteiger charge is 2.17. The molecule has 1 unspecified atom stereocenters. The van der Waals surface area contributed by atoms with Gasteiger partial charge in [-0.3, -0.25) is 9.59 Å². The molecule has 0 aromatic heterocycles. The first-order valence-corrected chi connectivity index (χ1v) is 21.9. The van der Waals surface area contributed by atoms with Crippen molar-refractivity contribution in [1.82, 2.24) is 0 Å². The average molecular weight is 705 g/mol. The van der Waals surface area contributed by atoms with E-state index in [2.05, 4.69) is 45.1 Å². The van der Waals surface area contributed by atoms with Crippen molar-refractivity contribution >= 4 is 11.9 Å².